The lowest BCUT2D eigenvalue weighted by Crippen LogP contribution is -2.19. The lowest BCUT2D eigenvalue weighted by Gasteiger charge is -2.17. The number of benzene rings is 1. The van der Waals surface area contributed by atoms with E-state index in [0.717, 1.165) is 24.4 Å². The van der Waals surface area contributed by atoms with Crippen molar-refractivity contribution in [3.63, 3.8) is 0 Å². The zero-order chi connectivity index (χ0) is 19.1. The maximum atomic E-state index is 13.7. The van der Waals surface area contributed by atoms with Crippen LogP contribution in [-0.2, 0) is 8.92 Å². The van der Waals surface area contributed by atoms with Gasteiger partial charge in [0.2, 0.25) is 0 Å². The number of nitrogens with one attached hydrogen (secondary N) is 1. The molecule has 1 amide bonds. The van der Waals surface area contributed by atoms with Crippen LogP contribution in [0.15, 0.2) is 35.5 Å². The number of methoxy groups -OCH3 is 1. The van der Waals surface area contributed by atoms with Crippen LogP contribution in [0.3, 0.4) is 0 Å². The fraction of sp³-hybridized carbons (Fsp3) is 0.294. The van der Waals surface area contributed by atoms with Gasteiger partial charge in [-0.25, -0.2) is 8.78 Å². The van der Waals surface area contributed by atoms with Gasteiger partial charge in [-0.1, -0.05) is 0 Å². The first kappa shape index (κ1) is 20.1. The highest BCUT2D eigenvalue weighted by Crippen LogP contribution is 2.32. The highest BCUT2D eigenvalue weighted by molar-refractivity contribution is 7.94. The molecule has 1 N–H and O–H groups in total. The van der Waals surface area contributed by atoms with Crippen LogP contribution in [0.2, 0.25) is 0 Å². The third kappa shape index (κ3) is 5.13. The van der Waals surface area contributed by atoms with Crippen molar-refractivity contribution in [2.75, 3.05) is 26.1 Å². The Morgan fingerprint density at radius 2 is 1.96 bits per heavy atom. The molecule has 140 valence electrons. The molecule has 2 aromatic rings. The molecule has 2 rings (SSSR count). The molecule has 0 aliphatic rings. The Morgan fingerprint density at radius 1 is 1.27 bits per heavy atom. The molecule has 1 unspecified atom stereocenters. The van der Waals surface area contributed by atoms with Crippen LogP contribution >= 0.6 is 12.0 Å². The zero-order valence-electron chi connectivity index (χ0n) is 14.4. The molecule has 1 aromatic carbocycles. The number of rotatable bonds is 8. The van der Waals surface area contributed by atoms with Gasteiger partial charge in [0.05, 0.1) is 31.0 Å². The first-order valence-corrected chi connectivity index (χ1v) is 8.31. The number of hydrogen-bond donors (Lipinski definition) is 1. The number of carbonyl (C=O) groups is 1. The molecule has 0 radical (unpaired) electrons. The molecule has 0 aliphatic carbocycles. The van der Waals surface area contributed by atoms with Crippen LogP contribution in [0.25, 0.3) is 0 Å². The summed E-state index contributed by atoms with van der Waals surface area (Å²) in [6.45, 7) is 2.15. The number of ether oxygens (including phenoxy) is 2. The van der Waals surface area contributed by atoms with Crippen LogP contribution in [-0.4, -0.2) is 37.8 Å². The molecule has 0 saturated heterocycles. The third-order valence-electron chi connectivity index (χ3n) is 3.20. The second-order valence-electron chi connectivity index (χ2n) is 5.23. The largest absolute Gasteiger partial charge is 0.487 e. The first-order chi connectivity index (χ1) is 12.5. The highest BCUT2D eigenvalue weighted by atomic mass is 32.2. The monoisotopic (exact) mass is 384 g/mol. The van der Waals surface area contributed by atoms with E-state index in [4.69, 9.17) is 13.7 Å². The van der Waals surface area contributed by atoms with Crippen LogP contribution in [0, 0.1) is 11.6 Å². The molecular formula is C17H18F2N2O4S. The Balaban J connectivity index is 2.26. The minimum Gasteiger partial charge on any atom is -0.487 e. The Bertz CT molecular complexity index is 756. The molecule has 26 heavy (non-hydrogen) atoms. The summed E-state index contributed by atoms with van der Waals surface area (Å²) >= 11 is 1.07. The molecule has 1 aromatic heterocycles. The lowest BCUT2D eigenvalue weighted by molar-refractivity contribution is 0.0898. The normalized spacial score (nSPS) is 11.9. The van der Waals surface area contributed by atoms with E-state index in [0.29, 0.717) is 17.3 Å². The van der Waals surface area contributed by atoms with Crippen molar-refractivity contribution in [3.8, 4) is 5.75 Å². The van der Waals surface area contributed by atoms with Gasteiger partial charge in [-0.2, -0.15) is 0 Å². The first-order valence-electron chi connectivity index (χ1n) is 7.57. The highest BCUT2D eigenvalue weighted by Gasteiger charge is 2.17. The van der Waals surface area contributed by atoms with Crippen LogP contribution < -0.4 is 10.1 Å². The molecule has 0 bridgehead atoms. The number of anilines is 1. The van der Waals surface area contributed by atoms with E-state index in [9.17, 15) is 13.6 Å². The predicted molar refractivity (Wildman–Crippen MR) is 93.4 cm³/mol. The van der Waals surface area contributed by atoms with E-state index >= 15 is 0 Å². The number of aromatic nitrogens is 1. The van der Waals surface area contributed by atoms with Gasteiger partial charge < -0.3 is 19.0 Å². The van der Waals surface area contributed by atoms with E-state index in [2.05, 4.69) is 10.3 Å². The third-order valence-corrected chi connectivity index (χ3v) is 3.88. The van der Waals surface area contributed by atoms with Crippen molar-refractivity contribution in [1.82, 2.24) is 4.98 Å². The Kier molecular flexibility index (Phi) is 7.31. The molecule has 0 spiro atoms. The predicted octanol–water partition coefficient (Wildman–Crippen LogP) is 3.68. The summed E-state index contributed by atoms with van der Waals surface area (Å²) < 4.78 is 43.1. The van der Waals surface area contributed by atoms with Crippen LogP contribution in [0.4, 0.5) is 14.5 Å². The quantitative estimate of drug-likeness (QED) is 0.700. The molecule has 1 atom stereocenters. The maximum absolute atomic E-state index is 13.7. The van der Waals surface area contributed by atoms with Gasteiger partial charge in [-0.05, 0) is 25.1 Å². The van der Waals surface area contributed by atoms with Gasteiger partial charge in [0.1, 0.15) is 17.5 Å². The van der Waals surface area contributed by atoms with Gasteiger partial charge in [-0.15, -0.1) is 0 Å². The van der Waals surface area contributed by atoms with Crippen molar-refractivity contribution in [3.05, 3.63) is 47.8 Å². The second-order valence-corrected chi connectivity index (χ2v) is 6.17. The molecule has 6 nitrogen and oxygen atoms in total. The standard InChI is InChI=1S/C17H18F2N2O4S/c1-10(9-23-2)25-14-6-11(4-5-15(14)26-24-3)17(22)21-16-12(18)7-20-8-13(16)19/h4-8,10H,9H2,1-3H3,(H,20,21,22). The van der Waals surface area contributed by atoms with Crippen molar-refractivity contribution in [2.45, 2.75) is 17.9 Å². The molecular weight excluding hydrogens is 366 g/mol. The maximum Gasteiger partial charge on any atom is 0.255 e. The number of carbonyl (C=O) groups excluding carboxylic acids is 1. The fourth-order valence-electron chi connectivity index (χ4n) is 2.10. The van der Waals surface area contributed by atoms with E-state index in [-0.39, 0.29) is 11.7 Å². The molecule has 0 saturated carbocycles. The average molecular weight is 384 g/mol. The molecule has 9 heteroatoms. The van der Waals surface area contributed by atoms with Gasteiger partial charge >= 0.3 is 0 Å². The SMILES string of the molecule is COCC(C)Oc1cc(C(=O)Nc2c(F)cncc2F)ccc1SOC. The molecule has 0 aliphatic heterocycles. The number of halogens is 2. The summed E-state index contributed by atoms with van der Waals surface area (Å²) in [5, 5.41) is 2.20. The number of hydrogen-bond acceptors (Lipinski definition) is 6. The number of nitrogens with zero attached hydrogens (tertiary/aromatic N) is 1. The summed E-state index contributed by atoms with van der Waals surface area (Å²) in [7, 11) is 3.05. The van der Waals surface area contributed by atoms with Gasteiger partial charge in [0.15, 0.2) is 11.6 Å². The Labute approximate surface area is 154 Å². The van der Waals surface area contributed by atoms with Crippen molar-refractivity contribution >= 4 is 23.6 Å². The van der Waals surface area contributed by atoms with Crippen molar-refractivity contribution in [2.24, 2.45) is 0 Å². The molecule has 1 heterocycles. The Morgan fingerprint density at radius 3 is 2.58 bits per heavy atom. The minimum atomic E-state index is -0.963. The summed E-state index contributed by atoms with van der Waals surface area (Å²) in [5.74, 6) is -2.22. The van der Waals surface area contributed by atoms with Crippen molar-refractivity contribution < 1.29 is 27.2 Å². The fourth-order valence-corrected chi connectivity index (χ4v) is 2.59. The molecule has 0 fully saturated rings. The zero-order valence-corrected chi connectivity index (χ0v) is 15.2. The summed E-state index contributed by atoms with van der Waals surface area (Å²) in [4.78, 5) is 16.4. The van der Waals surface area contributed by atoms with E-state index < -0.39 is 23.2 Å². The topological polar surface area (TPSA) is 69.7 Å². The van der Waals surface area contributed by atoms with Crippen molar-refractivity contribution in [1.29, 1.82) is 0 Å². The number of pyridine rings is 1. The van der Waals surface area contributed by atoms with Crippen LogP contribution in [0.5, 0.6) is 5.75 Å². The smallest absolute Gasteiger partial charge is 0.255 e. The van der Waals surface area contributed by atoms with Gasteiger partial charge in [-0.3, -0.25) is 9.78 Å². The van der Waals surface area contributed by atoms with Crippen LogP contribution in [0.1, 0.15) is 17.3 Å². The lowest BCUT2D eigenvalue weighted by atomic mass is 10.2. The number of amides is 1. The van der Waals surface area contributed by atoms with Gasteiger partial charge in [0.25, 0.3) is 5.91 Å². The van der Waals surface area contributed by atoms with E-state index in [1.807, 2.05) is 0 Å². The Hall–Kier alpha value is -2.23. The van der Waals surface area contributed by atoms with Gasteiger partial charge in [0, 0.05) is 24.7 Å². The van der Waals surface area contributed by atoms with E-state index in [1.165, 1.54) is 19.2 Å². The average Bonchev–Trinajstić information content (AvgIpc) is 2.60. The minimum absolute atomic E-state index is 0.167. The van der Waals surface area contributed by atoms with E-state index in [1.54, 1.807) is 20.1 Å². The second kappa shape index (κ2) is 9.46. The summed E-state index contributed by atoms with van der Waals surface area (Å²) in [6.07, 6.45) is 1.36. The summed E-state index contributed by atoms with van der Waals surface area (Å²) in [5.41, 5.74) is -0.392. The summed E-state index contributed by atoms with van der Waals surface area (Å²) in [6, 6.07) is 4.60.